The highest BCUT2D eigenvalue weighted by Gasteiger charge is 2.20. The van der Waals surface area contributed by atoms with Gasteiger partial charge in [0.05, 0.1) is 13.2 Å². The van der Waals surface area contributed by atoms with E-state index in [-0.39, 0.29) is 0 Å². The van der Waals surface area contributed by atoms with E-state index in [0.717, 1.165) is 29.0 Å². The highest BCUT2D eigenvalue weighted by molar-refractivity contribution is 6.09. The monoisotopic (exact) mass is 340 g/mol. The molecule has 0 spiro atoms. The summed E-state index contributed by atoms with van der Waals surface area (Å²) in [6, 6.07) is 23.6. The number of hydrogen-bond acceptors (Lipinski definition) is 2. The first kappa shape index (κ1) is 15.3. The largest absolute Gasteiger partial charge is 0.493 e. The fraction of sp³-hybridized carbons (Fsp3) is 0.167. The van der Waals surface area contributed by atoms with Crippen LogP contribution in [0.1, 0.15) is 12.0 Å². The number of ether oxygens (including phenoxy) is 2. The fourth-order valence-electron chi connectivity index (χ4n) is 3.86. The highest BCUT2D eigenvalue weighted by atomic mass is 16.5. The SMILES string of the molecule is Cc1ccc2c3c(ccc2c1)OCCCOc1ccc2ccccc2c1-3. The molecule has 4 aromatic rings. The first-order valence-electron chi connectivity index (χ1n) is 9.12. The van der Waals surface area contributed by atoms with Gasteiger partial charge in [-0.05, 0) is 40.6 Å². The van der Waals surface area contributed by atoms with Crippen molar-refractivity contribution in [3.05, 3.63) is 72.3 Å². The highest BCUT2D eigenvalue weighted by Crippen LogP contribution is 2.46. The van der Waals surface area contributed by atoms with Crippen LogP contribution in [0.5, 0.6) is 11.5 Å². The van der Waals surface area contributed by atoms with Gasteiger partial charge in [0.2, 0.25) is 0 Å². The molecule has 0 aromatic heterocycles. The second-order valence-electron chi connectivity index (χ2n) is 6.87. The molecule has 1 aliphatic rings. The summed E-state index contributed by atoms with van der Waals surface area (Å²) < 4.78 is 12.3. The summed E-state index contributed by atoms with van der Waals surface area (Å²) in [5, 5.41) is 4.84. The van der Waals surface area contributed by atoms with Crippen molar-refractivity contribution in [2.24, 2.45) is 0 Å². The maximum Gasteiger partial charge on any atom is 0.127 e. The van der Waals surface area contributed by atoms with Crippen molar-refractivity contribution in [3.8, 4) is 22.6 Å². The van der Waals surface area contributed by atoms with E-state index < -0.39 is 0 Å². The molecule has 0 atom stereocenters. The predicted molar refractivity (Wildman–Crippen MR) is 107 cm³/mol. The van der Waals surface area contributed by atoms with Crippen molar-refractivity contribution in [1.82, 2.24) is 0 Å². The molecule has 1 aliphatic heterocycles. The van der Waals surface area contributed by atoms with Gasteiger partial charge >= 0.3 is 0 Å². The van der Waals surface area contributed by atoms with Gasteiger partial charge in [0, 0.05) is 17.5 Å². The van der Waals surface area contributed by atoms with Gasteiger partial charge < -0.3 is 9.47 Å². The fourth-order valence-corrected chi connectivity index (χ4v) is 3.86. The summed E-state index contributed by atoms with van der Waals surface area (Å²) in [7, 11) is 0. The Labute approximate surface area is 153 Å². The Kier molecular flexibility index (Phi) is 3.56. The van der Waals surface area contributed by atoms with Gasteiger partial charge in [0.1, 0.15) is 11.5 Å². The zero-order valence-electron chi connectivity index (χ0n) is 14.8. The number of aryl methyl sites for hydroxylation is 1. The molecule has 0 amide bonds. The Bertz CT molecular complexity index is 1130. The average molecular weight is 340 g/mol. The minimum Gasteiger partial charge on any atom is -0.493 e. The minimum atomic E-state index is 0.663. The second-order valence-corrected chi connectivity index (χ2v) is 6.87. The van der Waals surface area contributed by atoms with E-state index in [1.54, 1.807) is 0 Å². The summed E-state index contributed by atoms with van der Waals surface area (Å²) >= 11 is 0. The standard InChI is InChI=1S/C24H20O2/c1-16-7-10-20-18(15-16)9-12-22-24(20)23-19-6-3-2-5-17(19)8-11-21(23)25-13-4-14-26-22/h2-3,5-12,15H,4,13-14H2,1H3. The van der Waals surface area contributed by atoms with Crippen LogP contribution in [-0.2, 0) is 0 Å². The van der Waals surface area contributed by atoms with Crippen LogP contribution < -0.4 is 9.47 Å². The van der Waals surface area contributed by atoms with Crippen molar-refractivity contribution in [1.29, 1.82) is 0 Å². The molecule has 0 unspecified atom stereocenters. The molecule has 2 nitrogen and oxygen atoms in total. The van der Waals surface area contributed by atoms with Crippen molar-refractivity contribution >= 4 is 21.5 Å². The molecular weight excluding hydrogens is 320 g/mol. The van der Waals surface area contributed by atoms with Crippen LogP contribution in [0.15, 0.2) is 66.7 Å². The van der Waals surface area contributed by atoms with Gasteiger partial charge in [0.25, 0.3) is 0 Å². The smallest absolute Gasteiger partial charge is 0.127 e. The second kappa shape index (κ2) is 6.06. The Morgan fingerprint density at radius 3 is 2.08 bits per heavy atom. The van der Waals surface area contributed by atoms with Gasteiger partial charge in [-0.1, -0.05) is 60.2 Å². The van der Waals surface area contributed by atoms with E-state index >= 15 is 0 Å². The molecule has 0 saturated carbocycles. The van der Waals surface area contributed by atoms with Crippen LogP contribution >= 0.6 is 0 Å². The Morgan fingerprint density at radius 1 is 0.654 bits per heavy atom. The van der Waals surface area contributed by atoms with Gasteiger partial charge in [-0.25, -0.2) is 0 Å². The first-order valence-corrected chi connectivity index (χ1v) is 9.12. The maximum absolute atomic E-state index is 6.17. The van der Waals surface area contributed by atoms with E-state index in [1.807, 2.05) is 0 Å². The quantitative estimate of drug-likeness (QED) is 0.383. The normalized spacial score (nSPS) is 13.7. The molecule has 4 aromatic carbocycles. The number of benzene rings is 4. The van der Waals surface area contributed by atoms with Crippen LogP contribution in [-0.4, -0.2) is 13.2 Å². The van der Waals surface area contributed by atoms with Crippen LogP contribution in [0.3, 0.4) is 0 Å². The van der Waals surface area contributed by atoms with Crippen molar-refractivity contribution in [3.63, 3.8) is 0 Å². The number of rotatable bonds is 0. The number of hydrogen-bond donors (Lipinski definition) is 0. The molecule has 0 aliphatic carbocycles. The summed E-state index contributed by atoms with van der Waals surface area (Å²) in [6.45, 7) is 3.46. The zero-order chi connectivity index (χ0) is 17.5. The van der Waals surface area contributed by atoms with E-state index in [4.69, 9.17) is 9.47 Å². The van der Waals surface area contributed by atoms with Crippen molar-refractivity contribution < 1.29 is 9.47 Å². The summed E-state index contributed by atoms with van der Waals surface area (Å²) in [4.78, 5) is 0. The van der Waals surface area contributed by atoms with E-state index in [0.29, 0.717) is 13.2 Å². The van der Waals surface area contributed by atoms with Gasteiger partial charge in [-0.2, -0.15) is 0 Å². The first-order chi connectivity index (χ1) is 12.8. The lowest BCUT2D eigenvalue weighted by Gasteiger charge is -2.17. The van der Waals surface area contributed by atoms with Gasteiger partial charge in [0.15, 0.2) is 0 Å². The summed E-state index contributed by atoms with van der Waals surface area (Å²) in [5.41, 5.74) is 3.53. The molecule has 2 heteroatoms. The lowest BCUT2D eigenvalue weighted by molar-refractivity contribution is 0.252. The molecule has 0 radical (unpaired) electrons. The minimum absolute atomic E-state index is 0.663. The molecule has 26 heavy (non-hydrogen) atoms. The molecule has 0 saturated heterocycles. The van der Waals surface area contributed by atoms with Crippen molar-refractivity contribution in [2.45, 2.75) is 13.3 Å². The topological polar surface area (TPSA) is 18.5 Å². The molecule has 0 N–H and O–H groups in total. The lowest BCUT2D eigenvalue weighted by atomic mass is 9.91. The van der Waals surface area contributed by atoms with E-state index in [1.165, 1.54) is 27.1 Å². The molecule has 1 heterocycles. The third-order valence-electron chi connectivity index (χ3n) is 5.08. The number of fused-ring (bicyclic) bond motifs is 7. The van der Waals surface area contributed by atoms with E-state index in [2.05, 4.69) is 73.7 Å². The lowest BCUT2D eigenvalue weighted by Crippen LogP contribution is -2.03. The molecule has 5 rings (SSSR count). The van der Waals surface area contributed by atoms with Gasteiger partial charge in [-0.3, -0.25) is 0 Å². The average Bonchev–Trinajstić information content (AvgIpc) is 2.76. The Morgan fingerprint density at radius 2 is 1.31 bits per heavy atom. The van der Waals surface area contributed by atoms with E-state index in [9.17, 15) is 0 Å². The van der Waals surface area contributed by atoms with Crippen LogP contribution in [0.25, 0.3) is 32.7 Å². The van der Waals surface area contributed by atoms with Gasteiger partial charge in [-0.15, -0.1) is 0 Å². The molecule has 128 valence electrons. The summed E-state index contributed by atoms with van der Waals surface area (Å²) in [5.74, 6) is 1.87. The van der Waals surface area contributed by atoms with Crippen LogP contribution in [0.4, 0.5) is 0 Å². The Hall–Kier alpha value is -3.00. The van der Waals surface area contributed by atoms with Crippen molar-refractivity contribution in [2.75, 3.05) is 13.2 Å². The molecule has 0 fully saturated rings. The third-order valence-corrected chi connectivity index (χ3v) is 5.08. The predicted octanol–water partition coefficient (Wildman–Crippen LogP) is 6.13. The van der Waals surface area contributed by atoms with Crippen LogP contribution in [0.2, 0.25) is 0 Å². The zero-order valence-corrected chi connectivity index (χ0v) is 14.8. The Balaban J connectivity index is 1.95. The third kappa shape index (κ3) is 2.41. The molecule has 0 bridgehead atoms. The summed E-state index contributed by atoms with van der Waals surface area (Å²) in [6.07, 6.45) is 0.873. The maximum atomic E-state index is 6.17. The van der Waals surface area contributed by atoms with Crippen LogP contribution in [0, 0.1) is 6.92 Å². The molecular formula is C24H20O2.